The van der Waals surface area contributed by atoms with Crippen LogP contribution in [0.25, 0.3) is 10.9 Å². The number of ether oxygens (including phenoxy) is 1. The second kappa shape index (κ2) is 10.2. The molecule has 182 valence electrons. The molecule has 9 heteroatoms. The number of piperazine rings is 1. The largest absolute Gasteiger partial charge is 0.449 e. The Hall–Kier alpha value is -3.26. The van der Waals surface area contributed by atoms with Crippen LogP contribution in [0.15, 0.2) is 36.8 Å². The van der Waals surface area contributed by atoms with Gasteiger partial charge in [-0.1, -0.05) is 24.6 Å². The lowest BCUT2D eigenvalue weighted by Crippen LogP contribution is -2.50. The van der Waals surface area contributed by atoms with Gasteiger partial charge in [-0.25, -0.2) is 14.8 Å². The molecule has 1 aliphatic carbocycles. The van der Waals surface area contributed by atoms with Gasteiger partial charge in [0.1, 0.15) is 6.33 Å². The van der Waals surface area contributed by atoms with E-state index in [0.29, 0.717) is 38.3 Å². The van der Waals surface area contributed by atoms with Crippen LogP contribution in [0.1, 0.15) is 53.0 Å². The average molecular weight is 494 g/mol. The Balaban J connectivity index is 1.33. The van der Waals surface area contributed by atoms with E-state index in [0.717, 1.165) is 58.6 Å². The average Bonchev–Trinajstić information content (AvgIpc) is 2.91. The zero-order valence-electron chi connectivity index (χ0n) is 19.7. The lowest BCUT2D eigenvalue weighted by Gasteiger charge is -2.34. The number of hydrogen-bond acceptors (Lipinski definition) is 6. The van der Waals surface area contributed by atoms with Crippen molar-refractivity contribution in [2.75, 3.05) is 32.8 Å². The monoisotopic (exact) mass is 493 g/mol. The third-order valence-corrected chi connectivity index (χ3v) is 7.24. The predicted molar refractivity (Wildman–Crippen MR) is 133 cm³/mol. The maximum absolute atomic E-state index is 13.2. The Morgan fingerprint density at radius 2 is 1.94 bits per heavy atom. The lowest BCUT2D eigenvalue weighted by molar-refractivity contribution is 0.0560. The van der Waals surface area contributed by atoms with Crippen molar-refractivity contribution in [3.8, 4) is 0 Å². The number of carbonyl (C=O) groups excluding carboxylic acids is 2. The Morgan fingerprint density at radius 1 is 1.14 bits per heavy atom. The van der Waals surface area contributed by atoms with Gasteiger partial charge in [0.2, 0.25) is 0 Å². The third-order valence-electron chi connectivity index (χ3n) is 6.81. The summed E-state index contributed by atoms with van der Waals surface area (Å²) in [5, 5.41) is 1.59. The van der Waals surface area contributed by atoms with E-state index >= 15 is 0 Å². The van der Waals surface area contributed by atoms with Gasteiger partial charge in [0.15, 0.2) is 0 Å². The van der Waals surface area contributed by atoms with Crippen LogP contribution in [0.4, 0.5) is 4.79 Å². The van der Waals surface area contributed by atoms with Gasteiger partial charge in [-0.3, -0.25) is 9.78 Å². The first-order chi connectivity index (χ1) is 17.0. The highest BCUT2D eigenvalue weighted by molar-refractivity contribution is 6.36. The van der Waals surface area contributed by atoms with Gasteiger partial charge in [0.05, 0.1) is 17.1 Å². The van der Waals surface area contributed by atoms with E-state index in [2.05, 4.69) is 9.97 Å². The molecule has 0 bridgehead atoms. The van der Waals surface area contributed by atoms with Crippen molar-refractivity contribution < 1.29 is 14.3 Å². The minimum absolute atomic E-state index is 0.0667. The summed E-state index contributed by atoms with van der Waals surface area (Å²) in [7, 11) is 0. The number of carbonyl (C=O) groups is 2. The molecule has 0 N–H and O–H groups in total. The second-order valence-corrected chi connectivity index (χ2v) is 9.43. The highest BCUT2D eigenvalue weighted by Crippen LogP contribution is 2.37. The van der Waals surface area contributed by atoms with Crippen molar-refractivity contribution in [3.63, 3.8) is 0 Å². The zero-order chi connectivity index (χ0) is 24.4. The zero-order valence-corrected chi connectivity index (χ0v) is 20.5. The van der Waals surface area contributed by atoms with Crippen LogP contribution in [0, 0.1) is 0 Å². The molecule has 2 aliphatic rings. The van der Waals surface area contributed by atoms with E-state index in [-0.39, 0.29) is 17.9 Å². The fraction of sp³-hybridized carbons (Fsp3) is 0.423. The normalized spacial score (nSPS) is 17.8. The molecule has 1 saturated heterocycles. The van der Waals surface area contributed by atoms with Gasteiger partial charge in [-0.15, -0.1) is 0 Å². The molecule has 0 saturated carbocycles. The highest BCUT2D eigenvalue weighted by Gasteiger charge is 2.28. The van der Waals surface area contributed by atoms with Gasteiger partial charge in [-0.2, -0.15) is 0 Å². The summed E-state index contributed by atoms with van der Waals surface area (Å²) in [6, 6.07) is 7.50. The minimum Gasteiger partial charge on any atom is -0.449 e. The van der Waals surface area contributed by atoms with Gasteiger partial charge >= 0.3 is 6.09 Å². The number of amides is 2. The molecule has 1 aliphatic heterocycles. The number of nitrogens with zero attached hydrogens (tertiary/aromatic N) is 5. The molecule has 1 atom stereocenters. The van der Waals surface area contributed by atoms with Crippen LogP contribution in [-0.4, -0.2) is 69.5 Å². The number of halogens is 1. The van der Waals surface area contributed by atoms with E-state index in [9.17, 15) is 9.59 Å². The van der Waals surface area contributed by atoms with Gasteiger partial charge in [0, 0.05) is 60.6 Å². The van der Waals surface area contributed by atoms with Gasteiger partial charge in [-0.05, 0) is 49.4 Å². The second-order valence-electron chi connectivity index (χ2n) is 9.05. The number of rotatable bonds is 4. The quantitative estimate of drug-likeness (QED) is 0.539. The molecule has 3 heterocycles. The van der Waals surface area contributed by atoms with Crippen molar-refractivity contribution in [3.05, 3.63) is 64.3 Å². The van der Waals surface area contributed by atoms with E-state index in [1.165, 1.54) is 0 Å². The Bertz CT molecular complexity index is 1240. The number of aromatic nitrogens is 3. The van der Waals surface area contributed by atoms with Gasteiger partial charge < -0.3 is 14.5 Å². The molecule has 1 unspecified atom stereocenters. The topological polar surface area (TPSA) is 88.5 Å². The van der Waals surface area contributed by atoms with Crippen molar-refractivity contribution in [2.45, 2.75) is 38.5 Å². The first kappa shape index (κ1) is 23.5. The van der Waals surface area contributed by atoms with Crippen LogP contribution < -0.4 is 0 Å². The summed E-state index contributed by atoms with van der Waals surface area (Å²) in [4.78, 5) is 42.1. The first-order valence-electron chi connectivity index (χ1n) is 12.1. The van der Waals surface area contributed by atoms with E-state index in [1.54, 1.807) is 22.3 Å². The van der Waals surface area contributed by atoms with Crippen LogP contribution >= 0.6 is 11.6 Å². The molecule has 2 aromatic heterocycles. The van der Waals surface area contributed by atoms with Crippen LogP contribution in [0.2, 0.25) is 5.02 Å². The fourth-order valence-electron chi connectivity index (χ4n) is 4.87. The lowest BCUT2D eigenvalue weighted by atomic mass is 9.84. The summed E-state index contributed by atoms with van der Waals surface area (Å²) >= 11 is 6.81. The van der Waals surface area contributed by atoms with E-state index in [1.807, 2.05) is 31.2 Å². The Morgan fingerprint density at radius 3 is 2.69 bits per heavy atom. The number of benzene rings is 1. The molecule has 0 spiro atoms. The maximum Gasteiger partial charge on any atom is 0.409 e. The van der Waals surface area contributed by atoms with Crippen molar-refractivity contribution >= 4 is 34.5 Å². The molecule has 0 radical (unpaired) electrons. The molecule has 5 rings (SSSR count). The van der Waals surface area contributed by atoms with Crippen LogP contribution in [0.5, 0.6) is 0 Å². The first-order valence-corrected chi connectivity index (χ1v) is 12.5. The Labute approximate surface area is 209 Å². The smallest absolute Gasteiger partial charge is 0.409 e. The highest BCUT2D eigenvalue weighted by atomic mass is 35.5. The predicted octanol–water partition coefficient (Wildman–Crippen LogP) is 4.26. The summed E-state index contributed by atoms with van der Waals surface area (Å²) in [5.74, 6) is 0.208. The molecule has 35 heavy (non-hydrogen) atoms. The van der Waals surface area contributed by atoms with E-state index < -0.39 is 0 Å². The maximum atomic E-state index is 13.2. The van der Waals surface area contributed by atoms with Crippen molar-refractivity contribution in [1.82, 2.24) is 24.8 Å². The summed E-state index contributed by atoms with van der Waals surface area (Å²) in [5.41, 5.74) is 4.39. The van der Waals surface area contributed by atoms with Crippen molar-refractivity contribution in [1.29, 1.82) is 0 Å². The third kappa shape index (κ3) is 4.80. The molecule has 8 nitrogen and oxygen atoms in total. The standard InChI is InChI=1S/C26H28ClN5O3/c1-2-13-35-26(34)32-11-9-31(10-12-32)25(33)18-4-6-20-23(15-18)30-22-14-17(3-5-19(22)24(20)27)21-7-8-28-16-29-21/h4,6-8,15-17H,2-3,5,9-14H2,1H3. The Kier molecular flexibility index (Phi) is 6.81. The van der Waals surface area contributed by atoms with Crippen molar-refractivity contribution in [2.24, 2.45) is 0 Å². The van der Waals surface area contributed by atoms with Crippen LogP contribution in [0.3, 0.4) is 0 Å². The molecule has 1 fully saturated rings. The van der Waals surface area contributed by atoms with Gasteiger partial charge in [0.25, 0.3) is 5.91 Å². The number of fused-ring (bicyclic) bond motifs is 2. The van der Waals surface area contributed by atoms with E-state index in [4.69, 9.17) is 21.3 Å². The summed E-state index contributed by atoms with van der Waals surface area (Å²) in [6.45, 7) is 4.23. The van der Waals surface area contributed by atoms with Crippen LogP contribution in [-0.2, 0) is 17.6 Å². The molecule has 1 aromatic carbocycles. The molecule has 3 aromatic rings. The summed E-state index contributed by atoms with van der Waals surface area (Å²) in [6.07, 6.45) is 6.39. The summed E-state index contributed by atoms with van der Waals surface area (Å²) < 4.78 is 5.21. The molecular weight excluding hydrogens is 466 g/mol. The molecule has 2 amide bonds. The SMILES string of the molecule is CCCOC(=O)N1CCN(C(=O)c2ccc3c(Cl)c4c(nc3c2)CC(c2ccncn2)CC4)CC1. The minimum atomic E-state index is -0.312. The number of pyridine rings is 1. The molecular formula is C26H28ClN5O3. The number of hydrogen-bond donors (Lipinski definition) is 0. The fourth-order valence-corrected chi connectivity index (χ4v) is 5.24.